The Balaban J connectivity index is 2.61. The third-order valence-electron chi connectivity index (χ3n) is 3.40. The summed E-state index contributed by atoms with van der Waals surface area (Å²) in [5.74, 6) is 0. The van der Waals surface area contributed by atoms with Crippen molar-refractivity contribution in [1.82, 2.24) is 10.2 Å². The van der Waals surface area contributed by atoms with Gasteiger partial charge in [-0.15, -0.1) is 0 Å². The lowest BCUT2D eigenvalue weighted by Crippen LogP contribution is -2.61. The van der Waals surface area contributed by atoms with Crippen LogP contribution in [0.5, 0.6) is 0 Å². The van der Waals surface area contributed by atoms with Gasteiger partial charge in [-0.25, -0.2) is 0 Å². The third kappa shape index (κ3) is 2.71. The van der Waals surface area contributed by atoms with Crippen molar-refractivity contribution < 1.29 is 0 Å². The molecule has 0 aromatic heterocycles. The molecule has 0 aliphatic carbocycles. The Morgan fingerprint density at radius 3 is 2.57 bits per heavy atom. The van der Waals surface area contributed by atoms with E-state index in [4.69, 9.17) is 0 Å². The lowest BCUT2D eigenvalue weighted by atomic mass is 9.94. The van der Waals surface area contributed by atoms with Gasteiger partial charge in [0, 0.05) is 31.2 Å². The van der Waals surface area contributed by atoms with Gasteiger partial charge in [0.25, 0.3) is 0 Å². The van der Waals surface area contributed by atoms with Gasteiger partial charge in [0.1, 0.15) is 0 Å². The first-order chi connectivity index (χ1) is 6.61. The summed E-state index contributed by atoms with van der Waals surface area (Å²) in [4.78, 5) is 2.70. The van der Waals surface area contributed by atoms with Crippen molar-refractivity contribution in [2.75, 3.05) is 19.6 Å². The van der Waals surface area contributed by atoms with Crippen LogP contribution in [0.1, 0.15) is 47.0 Å². The average Bonchev–Trinajstić information content (AvgIpc) is 2.14. The Hall–Kier alpha value is -0.0800. The monoisotopic (exact) mass is 198 g/mol. The summed E-state index contributed by atoms with van der Waals surface area (Å²) in [6, 6.07) is 0.789. The van der Waals surface area contributed by atoms with Crippen LogP contribution in [-0.4, -0.2) is 36.1 Å². The van der Waals surface area contributed by atoms with Gasteiger partial charge in [-0.2, -0.15) is 0 Å². The van der Waals surface area contributed by atoms with Crippen LogP contribution in [0.3, 0.4) is 0 Å². The highest BCUT2D eigenvalue weighted by molar-refractivity contribution is 4.91. The molecule has 14 heavy (non-hydrogen) atoms. The predicted molar refractivity (Wildman–Crippen MR) is 62.6 cm³/mol. The molecule has 0 amide bonds. The van der Waals surface area contributed by atoms with E-state index >= 15 is 0 Å². The van der Waals surface area contributed by atoms with E-state index < -0.39 is 0 Å². The largest absolute Gasteiger partial charge is 0.314 e. The minimum atomic E-state index is 0.341. The maximum atomic E-state index is 3.48. The molecule has 0 aromatic carbocycles. The number of rotatable bonds is 4. The van der Waals surface area contributed by atoms with E-state index in [0.717, 1.165) is 19.1 Å². The van der Waals surface area contributed by atoms with Crippen LogP contribution in [0.4, 0.5) is 0 Å². The molecule has 84 valence electrons. The highest BCUT2D eigenvalue weighted by Gasteiger charge is 2.33. The van der Waals surface area contributed by atoms with E-state index in [1.165, 1.54) is 25.8 Å². The zero-order valence-electron chi connectivity index (χ0n) is 10.3. The molecule has 1 aliphatic heterocycles. The Kier molecular flexibility index (Phi) is 4.39. The fourth-order valence-corrected chi connectivity index (χ4v) is 2.59. The van der Waals surface area contributed by atoms with Crippen LogP contribution in [0.2, 0.25) is 0 Å². The van der Waals surface area contributed by atoms with Gasteiger partial charge in [0.05, 0.1) is 0 Å². The SMILES string of the molecule is CCCC(CC)N1CCNCC1(C)C. The van der Waals surface area contributed by atoms with Crippen LogP contribution in [0.25, 0.3) is 0 Å². The zero-order valence-corrected chi connectivity index (χ0v) is 10.3. The smallest absolute Gasteiger partial charge is 0.0281 e. The quantitative estimate of drug-likeness (QED) is 0.745. The number of hydrogen-bond acceptors (Lipinski definition) is 2. The summed E-state index contributed by atoms with van der Waals surface area (Å²) in [6.45, 7) is 12.8. The first-order valence-electron chi connectivity index (χ1n) is 6.09. The molecular weight excluding hydrogens is 172 g/mol. The van der Waals surface area contributed by atoms with Gasteiger partial charge >= 0.3 is 0 Å². The fraction of sp³-hybridized carbons (Fsp3) is 1.00. The van der Waals surface area contributed by atoms with Crippen molar-refractivity contribution >= 4 is 0 Å². The Labute approximate surface area is 89.1 Å². The first-order valence-corrected chi connectivity index (χ1v) is 6.09. The van der Waals surface area contributed by atoms with Gasteiger partial charge in [-0.3, -0.25) is 4.90 Å². The standard InChI is InChI=1S/C12H26N2/c1-5-7-11(6-2)14-9-8-13-10-12(14,3)4/h11,13H,5-10H2,1-4H3. The number of hydrogen-bond donors (Lipinski definition) is 1. The number of nitrogens with one attached hydrogen (secondary N) is 1. The van der Waals surface area contributed by atoms with E-state index in [0.29, 0.717) is 5.54 Å². The van der Waals surface area contributed by atoms with Crippen LogP contribution in [0, 0.1) is 0 Å². The fourth-order valence-electron chi connectivity index (χ4n) is 2.59. The van der Waals surface area contributed by atoms with Crippen LogP contribution < -0.4 is 5.32 Å². The maximum absolute atomic E-state index is 3.48. The zero-order chi connectivity index (χ0) is 10.6. The van der Waals surface area contributed by atoms with E-state index in [1.807, 2.05) is 0 Å². The Bertz CT molecular complexity index is 166. The highest BCUT2D eigenvalue weighted by atomic mass is 15.3. The van der Waals surface area contributed by atoms with Gasteiger partial charge in [-0.05, 0) is 26.7 Å². The summed E-state index contributed by atoms with van der Waals surface area (Å²) in [6.07, 6.45) is 3.94. The van der Waals surface area contributed by atoms with Crippen molar-refractivity contribution in [2.24, 2.45) is 0 Å². The van der Waals surface area contributed by atoms with Crippen molar-refractivity contribution in [3.63, 3.8) is 0 Å². The molecule has 0 radical (unpaired) electrons. The second-order valence-corrected chi connectivity index (χ2v) is 5.03. The van der Waals surface area contributed by atoms with E-state index in [2.05, 4.69) is 37.9 Å². The molecule has 2 nitrogen and oxygen atoms in total. The lowest BCUT2D eigenvalue weighted by Gasteiger charge is -2.47. The summed E-state index contributed by atoms with van der Waals surface area (Å²) in [5, 5.41) is 3.48. The van der Waals surface area contributed by atoms with Crippen LogP contribution in [-0.2, 0) is 0 Å². The summed E-state index contributed by atoms with van der Waals surface area (Å²) in [5.41, 5.74) is 0.341. The molecule has 2 heteroatoms. The molecule has 1 atom stereocenters. The van der Waals surface area contributed by atoms with Crippen molar-refractivity contribution in [1.29, 1.82) is 0 Å². The second-order valence-electron chi connectivity index (χ2n) is 5.03. The summed E-state index contributed by atoms with van der Waals surface area (Å²) in [7, 11) is 0. The minimum Gasteiger partial charge on any atom is -0.314 e. The molecule has 0 bridgehead atoms. The molecule has 1 fully saturated rings. The predicted octanol–water partition coefficient (Wildman–Crippen LogP) is 2.25. The first kappa shape index (κ1) is 12.0. The van der Waals surface area contributed by atoms with Crippen LogP contribution >= 0.6 is 0 Å². The van der Waals surface area contributed by atoms with Crippen molar-refractivity contribution in [3.05, 3.63) is 0 Å². The molecular formula is C12H26N2. The Morgan fingerprint density at radius 1 is 1.36 bits per heavy atom. The number of piperazine rings is 1. The minimum absolute atomic E-state index is 0.341. The van der Waals surface area contributed by atoms with E-state index in [9.17, 15) is 0 Å². The average molecular weight is 198 g/mol. The molecule has 1 rings (SSSR count). The van der Waals surface area contributed by atoms with Crippen LogP contribution in [0.15, 0.2) is 0 Å². The lowest BCUT2D eigenvalue weighted by molar-refractivity contribution is 0.0389. The topological polar surface area (TPSA) is 15.3 Å². The molecule has 1 aliphatic rings. The summed E-state index contributed by atoms with van der Waals surface area (Å²) < 4.78 is 0. The Morgan fingerprint density at radius 2 is 2.07 bits per heavy atom. The van der Waals surface area contributed by atoms with Gasteiger partial charge in [0.2, 0.25) is 0 Å². The van der Waals surface area contributed by atoms with E-state index in [-0.39, 0.29) is 0 Å². The van der Waals surface area contributed by atoms with E-state index in [1.54, 1.807) is 0 Å². The normalized spacial score (nSPS) is 24.9. The molecule has 0 spiro atoms. The molecule has 0 saturated carbocycles. The van der Waals surface area contributed by atoms with Gasteiger partial charge in [0.15, 0.2) is 0 Å². The third-order valence-corrected chi connectivity index (χ3v) is 3.40. The van der Waals surface area contributed by atoms with Crippen molar-refractivity contribution in [2.45, 2.75) is 58.5 Å². The molecule has 1 unspecified atom stereocenters. The molecule has 0 aromatic rings. The molecule has 1 saturated heterocycles. The van der Waals surface area contributed by atoms with Gasteiger partial charge < -0.3 is 5.32 Å². The molecule has 1 N–H and O–H groups in total. The number of nitrogens with zero attached hydrogens (tertiary/aromatic N) is 1. The highest BCUT2D eigenvalue weighted by Crippen LogP contribution is 2.23. The molecule has 1 heterocycles. The second kappa shape index (κ2) is 5.13. The van der Waals surface area contributed by atoms with Crippen molar-refractivity contribution in [3.8, 4) is 0 Å². The summed E-state index contributed by atoms with van der Waals surface area (Å²) >= 11 is 0. The maximum Gasteiger partial charge on any atom is 0.0281 e. The van der Waals surface area contributed by atoms with Gasteiger partial charge in [-0.1, -0.05) is 20.3 Å².